The first-order chi connectivity index (χ1) is 17.6. The molecule has 0 aliphatic carbocycles. The molecule has 1 saturated heterocycles. The number of ketones is 1. The van der Waals surface area contributed by atoms with Gasteiger partial charge in [0.25, 0.3) is 5.91 Å². The topological polar surface area (TPSA) is 75.2 Å². The van der Waals surface area contributed by atoms with Crippen LogP contribution in [0.2, 0.25) is 0 Å². The van der Waals surface area contributed by atoms with Crippen LogP contribution in [0.25, 0.3) is 11.3 Å². The second-order valence-corrected chi connectivity index (χ2v) is 9.22. The Hall–Kier alpha value is -4.32. The number of benzene rings is 3. The quantitative estimate of drug-likeness (QED) is 0.353. The van der Waals surface area contributed by atoms with Crippen LogP contribution in [-0.2, 0) is 0 Å². The maximum atomic E-state index is 13.0. The van der Waals surface area contributed by atoms with Crippen LogP contribution < -0.4 is 10.2 Å². The lowest BCUT2D eigenvalue weighted by Crippen LogP contribution is -2.33. The van der Waals surface area contributed by atoms with Gasteiger partial charge in [-0.1, -0.05) is 67.6 Å². The van der Waals surface area contributed by atoms with Gasteiger partial charge in [-0.15, -0.1) is 10.2 Å². The molecule has 2 heterocycles. The van der Waals surface area contributed by atoms with Crippen LogP contribution in [0.3, 0.4) is 0 Å². The molecule has 0 radical (unpaired) electrons. The van der Waals surface area contributed by atoms with E-state index in [0.717, 1.165) is 36.1 Å². The van der Waals surface area contributed by atoms with Crippen LogP contribution in [0.4, 0.5) is 11.5 Å². The molecule has 0 bridgehead atoms. The van der Waals surface area contributed by atoms with E-state index in [9.17, 15) is 9.59 Å². The number of amides is 1. The molecule has 5 rings (SSSR count). The summed E-state index contributed by atoms with van der Waals surface area (Å²) in [5.41, 5.74) is 3.59. The summed E-state index contributed by atoms with van der Waals surface area (Å²) < 4.78 is 0. The SMILES string of the molecule is CC1CCN(c2ccc(-c3ccc(NC(=O)c4ccccc4C(=O)c4ccccc4)cc3)nn2)CC1. The smallest absolute Gasteiger partial charge is 0.256 e. The minimum atomic E-state index is -0.331. The lowest BCUT2D eigenvalue weighted by Gasteiger charge is -2.30. The molecule has 1 amide bonds. The molecule has 1 aromatic heterocycles. The molecule has 0 unspecified atom stereocenters. The Labute approximate surface area is 211 Å². The number of rotatable bonds is 6. The summed E-state index contributed by atoms with van der Waals surface area (Å²) in [4.78, 5) is 28.3. The van der Waals surface area contributed by atoms with E-state index in [2.05, 4.69) is 27.3 Å². The van der Waals surface area contributed by atoms with Gasteiger partial charge in [0.2, 0.25) is 0 Å². The van der Waals surface area contributed by atoms with Gasteiger partial charge in [-0.25, -0.2) is 0 Å². The summed E-state index contributed by atoms with van der Waals surface area (Å²) in [6, 6.07) is 27.3. The van der Waals surface area contributed by atoms with Crippen molar-refractivity contribution in [3.05, 3.63) is 108 Å². The number of aromatic nitrogens is 2. The zero-order valence-electron chi connectivity index (χ0n) is 20.2. The largest absolute Gasteiger partial charge is 0.355 e. The molecule has 180 valence electrons. The number of carbonyl (C=O) groups is 2. The fourth-order valence-electron chi connectivity index (χ4n) is 4.43. The number of nitrogens with zero attached hydrogens (tertiary/aromatic N) is 3. The predicted molar refractivity (Wildman–Crippen MR) is 142 cm³/mol. The van der Waals surface area contributed by atoms with Crippen LogP contribution >= 0.6 is 0 Å². The molecular formula is C30H28N4O2. The molecule has 0 spiro atoms. The molecule has 6 nitrogen and oxygen atoms in total. The summed E-state index contributed by atoms with van der Waals surface area (Å²) >= 11 is 0. The van der Waals surface area contributed by atoms with Crippen molar-refractivity contribution in [3.8, 4) is 11.3 Å². The fraction of sp³-hybridized carbons (Fsp3) is 0.200. The third kappa shape index (κ3) is 5.18. The number of anilines is 2. The standard InChI is InChI=1S/C30H28N4O2/c1-21-17-19-34(20-18-21)28-16-15-27(32-33-28)22-11-13-24(14-12-22)31-30(36)26-10-6-5-9-25(26)29(35)23-7-3-2-4-8-23/h2-16,21H,17-20H2,1H3,(H,31,36). The summed E-state index contributed by atoms with van der Waals surface area (Å²) in [6.07, 6.45) is 2.36. The predicted octanol–water partition coefficient (Wildman–Crippen LogP) is 5.86. The van der Waals surface area contributed by atoms with Crippen LogP contribution in [-0.4, -0.2) is 35.0 Å². The summed E-state index contributed by atoms with van der Waals surface area (Å²) in [5.74, 6) is 1.17. The average molecular weight is 477 g/mol. The third-order valence-corrected chi connectivity index (χ3v) is 6.65. The van der Waals surface area contributed by atoms with E-state index in [1.165, 1.54) is 12.8 Å². The van der Waals surface area contributed by atoms with Gasteiger partial charge >= 0.3 is 0 Å². The molecular weight excluding hydrogens is 448 g/mol. The van der Waals surface area contributed by atoms with E-state index in [-0.39, 0.29) is 11.7 Å². The van der Waals surface area contributed by atoms with Crippen molar-refractivity contribution >= 4 is 23.2 Å². The first kappa shape index (κ1) is 23.4. The van der Waals surface area contributed by atoms with Crippen molar-refractivity contribution in [3.63, 3.8) is 0 Å². The van der Waals surface area contributed by atoms with Crippen LogP contribution in [0, 0.1) is 5.92 Å². The molecule has 0 atom stereocenters. The van der Waals surface area contributed by atoms with E-state index < -0.39 is 0 Å². The van der Waals surface area contributed by atoms with E-state index in [1.54, 1.807) is 36.4 Å². The van der Waals surface area contributed by atoms with Gasteiger partial charge in [0.15, 0.2) is 11.6 Å². The van der Waals surface area contributed by atoms with Crippen LogP contribution in [0.5, 0.6) is 0 Å². The Bertz CT molecular complexity index is 1340. The normalized spacial score (nSPS) is 13.9. The number of hydrogen-bond donors (Lipinski definition) is 1. The molecule has 1 aliphatic rings. The highest BCUT2D eigenvalue weighted by atomic mass is 16.2. The molecule has 0 saturated carbocycles. The fourth-order valence-corrected chi connectivity index (χ4v) is 4.43. The van der Waals surface area contributed by atoms with Crippen molar-refractivity contribution in [2.75, 3.05) is 23.3 Å². The Kier molecular flexibility index (Phi) is 6.85. The Morgan fingerprint density at radius 2 is 1.44 bits per heavy atom. The second-order valence-electron chi connectivity index (χ2n) is 9.22. The zero-order valence-corrected chi connectivity index (χ0v) is 20.2. The van der Waals surface area contributed by atoms with Gasteiger partial charge in [0, 0.05) is 35.5 Å². The van der Waals surface area contributed by atoms with Crippen molar-refractivity contribution in [2.24, 2.45) is 5.92 Å². The number of nitrogens with one attached hydrogen (secondary N) is 1. The summed E-state index contributed by atoms with van der Waals surface area (Å²) in [6.45, 7) is 4.33. The van der Waals surface area contributed by atoms with Crippen molar-refractivity contribution in [2.45, 2.75) is 19.8 Å². The summed E-state index contributed by atoms with van der Waals surface area (Å²) in [7, 11) is 0. The Morgan fingerprint density at radius 1 is 0.778 bits per heavy atom. The summed E-state index contributed by atoms with van der Waals surface area (Å²) in [5, 5.41) is 11.8. The highest BCUT2D eigenvalue weighted by molar-refractivity contribution is 6.17. The minimum Gasteiger partial charge on any atom is -0.355 e. The lowest BCUT2D eigenvalue weighted by molar-refractivity contribution is 0.0996. The van der Waals surface area contributed by atoms with Crippen molar-refractivity contribution < 1.29 is 9.59 Å². The average Bonchev–Trinajstić information content (AvgIpc) is 2.94. The van der Waals surface area contributed by atoms with E-state index in [4.69, 9.17) is 0 Å². The van der Waals surface area contributed by atoms with Gasteiger partial charge in [-0.2, -0.15) is 0 Å². The van der Waals surface area contributed by atoms with Gasteiger partial charge in [-0.05, 0) is 49.1 Å². The molecule has 1 N–H and O–H groups in total. The zero-order chi connectivity index (χ0) is 24.9. The third-order valence-electron chi connectivity index (χ3n) is 6.65. The van der Waals surface area contributed by atoms with Crippen LogP contribution in [0.15, 0.2) is 91.0 Å². The molecule has 6 heteroatoms. The number of piperidine rings is 1. The number of hydrogen-bond acceptors (Lipinski definition) is 5. The maximum Gasteiger partial charge on any atom is 0.256 e. The highest BCUT2D eigenvalue weighted by Crippen LogP contribution is 2.24. The molecule has 3 aromatic carbocycles. The van der Waals surface area contributed by atoms with Gasteiger partial charge in [-0.3, -0.25) is 9.59 Å². The monoisotopic (exact) mass is 476 g/mol. The Morgan fingerprint density at radius 3 is 2.11 bits per heavy atom. The minimum absolute atomic E-state index is 0.183. The van der Waals surface area contributed by atoms with Crippen molar-refractivity contribution in [1.82, 2.24) is 10.2 Å². The van der Waals surface area contributed by atoms with Crippen LogP contribution in [0.1, 0.15) is 46.0 Å². The molecule has 4 aromatic rings. The van der Waals surface area contributed by atoms with Gasteiger partial charge in [0.1, 0.15) is 0 Å². The van der Waals surface area contributed by atoms with Gasteiger partial charge in [0.05, 0.1) is 11.3 Å². The van der Waals surface area contributed by atoms with E-state index in [1.807, 2.05) is 54.6 Å². The maximum absolute atomic E-state index is 13.0. The molecule has 36 heavy (non-hydrogen) atoms. The van der Waals surface area contributed by atoms with E-state index >= 15 is 0 Å². The second kappa shape index (κ2) is 10.5. The van der Waals surface area contributed by atoms with Gasteiger partial charge < -0.3 is 10.2 Å². The van der Waals surface area contributed by atoms with Crippen molar-refractivity contribution in [1.29, 1.82) is 0 Å². The lowest BCUT2D eigenvalue weighted by atomic mass is 9.98. The molecule has 1 aliphatic heterocycles. The first-order valence-electron chi connectivity index (χ1n) is 12.3. The first-order valence-corrected chi connectivity index (χ1v) is 12.3. The van der Waals surface area contributed by atoms with E-state index in [0.29, 0.717) is 22.4 Å². The highest BCUT2D eigenvalue weighted by Gasteiger charge is 2.19. The number of carbonyl (C=O) groups excluding carboxylic acids is 2. The Balaban J connectivity index is 1.27. The molecule has 1 fully saturated rings.